The van der Waals surface area contributed by atoms with E-state index in [-0.39, 0.29) is 23.4 Å². The molecule has 0 saturated carbocycles. The highest BCUT2D eigenvalue weighted by molar-refractivity contribution is 7.98. The van der Waals surface area contributed by atoms with Crippen LogP contribution in [0.5, 0.6) is 0 Å². The van der Waals surface area contributed by atoms with Gasteiger partial charge in [0.05, 0.1) is 0 Å². The summed E-state index contributed by atoms with van der Waals surface area (Å²) in [5, 5.41) is 3.05. The van der Waals surface area contributed by atoms with E-state index in [1.54, 1.807) is 28.8 Å². The molecule has 0 bridgehead atoms. The number of nitrogens with zero attached hydrogens (tertiary/aromatic N) is 1. The topological polar surface area (TPSA) is 49.4 Å². The van der Waals surface area contributed by atoms with Gasteiger partial charge in [0.2, 0.25) is 5.91 Å². The zero-order valence-electron chi connectivity index (χ0n) is 14.6. The third-order valence-electron chi connectivity index (χ3n) is 4.40. The lowest BCUT2D eigenvalue weighted by molar-refractivity contribution is -0.125. The van der Waals surface area contributed by atoms with Gasteiger partial charge in [-0.05, 0) is 37.5 Å². The van der Waals surface area contributed by atoms with Crippen molar-refractivity contribution in [2.45, 2.75) is 45.8 Å². The van der Waals surface area contributed by atoms with Crippen molar-refractivity contribution in [3.63, 3.8) is 0 Å². The Hall–Kier alpha value is -1.49. The number of amides is 2. The number of nitrogens with one attached hydrogen (secondary N) is 1. The molecule has 23 heavy (non-hydrogen) atoms. The second-order valence-corrected chi connectivity index (χ2v) is 8.29. The molecule has 0 radical (unpaired) electrons. The first-order chi connectivity index (χ1) is 10.7. The Bertz CT molecular complexity index is 582. The maximum absolute atomic E-state index is 13.2. The molecule has 2 rings (SSSR count). The summed E-state index contributed by atoms with van der Waals surface area (Å²) in [6, 6.07) is 9.20. The molecule has 1 saturated heterocycles. The maximum atomic E-state index is 13.2. The highest BCUT2D eigenvalue weighted by atomic mass is 32.2. The van der Waals surface area contributed by atoms with Crippen molar-refractivity contribution in [1.29, 1.82) is 0 Å². The molecule has 2 unspecified atom stereocenters. The average molecular weight is 334 g/mol. The Morgan fingerprint density at radius 1 is 1.30 bits per heavy atom. The molecule has 1 fully saturated rings. The molecule has 0 spiro atoms. The second-order valence-electron chi connectivity index (χ2n) is 7.30. The van der Waals surface area contributed by atoms with Crippen LogP contribution in [-0.4, -0.2) is 40.4 Å². The summed E-state index contributed by atoms with van der Waals surface area (Å²) >= 11 is 1.69. The fourth-order valence-corrected chi connectivity index (χ4v) is 3.54. The molecule has 126 valence electrons. The average Bonchev–Trinajstić information content (AvgIpc) is 2.78. The van der Waals surface area contributed by atoms with Crippen molar-refractivity contribution in [3.05, 3.63) is 35.9 Å². The monoisotopic (exact) mass is 334 g/mol. The zero-order chi connectivity index (χ0) is 17.3. The van der Waals surface area contributed by atoms with Gasteiger partial charge >= 0.3 is 0 Å². The van der Waals surface area contributed by atoms with Crippen LogP contribution >= 0.6 is 11.8 Å². The van der Waals surface area contributed by atoms with Crippen LogP contribution in [0, 0.1) is 5.41 Å². The smallest absolute Gasteiger partial charge is 0.256 e. The third-order valence-corrected chi connectivity index (χ3v) is 5.01. The first-order valence-corrected chi connectivity index (χ1v) is 9.30. The second kappa shape index (κ2) is 6.56. The summed E-state index contributed by atoms with van der Waals surface area (Å²) in [6.07, 6.45) is 2.35. The van der Waals surface area contributed by atoms with Crippen molar-refractivity contribution in [1.82, 2.24) is 10.2 Å². The molecule has 1 N–H and O–H groups in total. The van der Waals surface area contributed by atoms with E-state index in [4.69, 9.17) is 0 Å². The lowest BCUT2D eigenvalue weighted by Gasteiger charge is -2.40. The van der Waals surface area contributed by atoms with Crippen LogP contribution in [0.4, 0.5) is 0 Å². The normalized spacial score (nSPS) is 24.7. The van der Waals surface area contributed by atoms with Crippen LogP contribution in [0.25, 0.3) is 0 Å². The molecule has 0 aliphatic carbocycles. The zero-order valence-corrected chi connectivity index (χ0v) is 15.4. The molecular formula is C18H26N2O2S. The van der Waals surface area contributed by atoms with E-state index >= 15 is 0 Å². The molecule has 4 nitrogen and oxygen atoms in total. The molecule has 1 heterocycles. The van der Waals surface area contributed by atoms with Crippen molar-refractivity contribution >= 4 is 23.6 Å². The summed E-state index contributed by atoms with van der Waals surface area (Å²) in [5.41, 5.74) is -0.431. The molecule has 2 atom stereocenters. The first kappa shape index (κ1) is 17.9. The molecule has 1 aromatic carbocycles. The summed E-state index contributed by atoms with van der Waals surface area (Å²) in [5.74, 6) is 0.683. The maximum Gasteiger partial charge on any atom is 0.256 e. The molecule has 0 aromatic heterocycles. The lowest BCUT2D eigenvalue weighted by Crippen LogP contribution is -2.55. The van der Waals surface area contributed by atoms with Crippen molar-refractivity contribution in [2.75, 3.05) is 12.0 Å². The Balaban J connectivity index is 2.45. The molecular weight excluding hydrogens is 308 g/mol. The van der Waals surface area contributed by atoms with Gasteiger partial charge in [0, 0.05) is 11.0 Å². The molecule has 1 aliphatic heterocycles. The van der Waals surface area contributed by atoms with Gasteiger partial charge in [-0.3, -0.25) is 9.59 Å². The van der Waals surface area contributed by atoms with Crippen LogP contribution in [0.2, 0.25) is 0 Å². The van der Waals surface area contributed by atoms with Gasteiger partial charge in [0.1, 0.15) is 11.7 Å². The first-order valence-electron chi connectivity index (χ1n) is 7.90. The van der Waals surface area contributed by atoms with Crippen molar-refractivity contribution in [2.24, 2.45) is 5.41 Å². The van der Waals surface area contributed by atoms with Crippen LogP contribution in [0.1, 0.15) is 44.5 Å². The van der Waals surface area contributed by atoms with E-state index in [1.165, 1.54) is 0 Å². The van der Waals surface area contributed by atoms with E-state index in [0.717, 1.165) is 5.75 Å². The van der Waals surface area contributed by atoms with Crippen molar-refractivity contribution in [3.8, 4) is 0 Å². The van der Waals surface area contributed by atoms with E-state index in [9.17, 15) is 9.59 Å². The number of thioether (sulfide) groups is 1. The standard InChI is InChI=1S/C18H26N2O2S/c1-17(2,3)15-19-16(22)18(4,11-12-23-5)20(15)14(21)13-9-7-6-8-10-13/h6-10,15H,11-12H2,1-5H3,(H,19,22). The number of hydrogen-bond acceptors (Lipinski definition) is 3. The highest BCUT2D eigenvalue weighted by Crippen LogP contribution is 2.37. The van der Waals surface area contributed by atoms with E-state index in [0.29, 0.717) is 12.0 Å². The van der Waals surface area contributed by atoms with Gasteiger partial charge in [-0.15, -0.1) is 0 Å². The molecule has 5 heteroatoms. The Morgan fingerprint density at radius 2 is 1.91 bits per heavy atom. The highest BCUT2D eigenvalue weighted by Gasteiger charge is 2.54. The largest absolute Gasteiger partial charge is 0.333 e. The number of hydrogen-bond donors (Lipinski definition) is 1. The van der Waals surface area contributed by atoms with Gasteiger partial charge in [0.25, 0.3) is 5.91 Å². The molecule has 2 amide bonds. The van der Waals surface area contributed by atoms with E-state index in [1.807, 2.05) is 52.1 Å². The SMILES string of the molecule is CSCCC1(C)C(=O)NC(C(C)(C)C)N1C(=O)c1ccccc1. The Labute approximate surface area is 143 Å². The van der Waals surface area contributed by atoms with Crippen molar-refractivity contribution < 1.29 is 9.59 Å². The van der Waals surface area contributed by atoms with E-state index in [2.05, 4.69) is 5.32 Å². The summed E-state index contributed by atoms with van der Waals surface area (Å²) in [6.45, 7) is 8.02. The van der Waals surface area contributed by atoms with Gasteiger partial charge < -0.3 is 10.2 Å². The fraction of sp³-hybridized carbons (Fsp3) is 0.556. The predicted molar refractivity (Wildman–Crippen MR) is 95.4 cm³/mol. The van der Waals surface area contributed by atoms with Gasteiger partial charge in [-0.1, -0.05) is 39.0 Å². The minimum Gasteiger partial charge on any atom is -0.333 e. The minimum absolute atomic E-state index is 0.0595. The van der Waals surface area contributed by atoms with Gasteiger partial charge in [-0.25, -0.2) is 0 Å². The van der Waals surface area contributed by atoms with Crippen LogP contribution < -0.4 is 5.32 Å². The molecule has 1 aromatic rings. The summed E-state index contributed by atoms with van der Waals surface area (Å²) in [4.78, 5) is 27.6. The quantitative estimate of drug-likeness (QED) is 0.920. The van der Waals surface area contributed by atoms with Gasteiger partial charge in [-0.2, -0.15) is 11.8 Å². The number of carbonyl (C=O) groups excluding carboxylic acids is 2. The predicted octanol–water partition coefficient (Wildman–Crippen LogP) is 3.14. The van der Waals surface area contributed by atoms with Crippen LogP contribution in [0.3, 0.4) is 0 Å². The Morgan fingerprint density at radius 3 is 2.43 bits per heavy atom. The minimum atomic E-state index is -0.812. The lowest BCUT2D eigenvalue weighted by atomic mass is 9.89. The summed E-state index contributed by atoms with van der Waals surface area (Å²) in [7, 11) is 0. The van der Waals surface area contributed by atoms with Gasteiger partial charge in [0.15, 0.2) is 0 Å². The summed E-state index contributed by atoms with van der Waals surface area (Å²) < 4.78 is 0. The van der Waals surface area contributed by atoms with Crippen LogP contribution in [0.15, 0.2) is 30.3 Å². The fourth-order valence-electron chi connectivity index (χ4n) is 2.94. The van der Waals surface area contributed by atoms with Crippen LogP contribution in [-0.2, 0) is 4.79 Å². The third kappa shape index (κ3) is 3.39. The number of rotatable bonds is 4. The Kier molecular flexibility index (Phi) is 5.09. The number of carbonyl (C=O) groups is 2. The van der Waals surface area contributed by atoms with E-state index < -0.39 is 5.54 Å². The number of benzene rings is 1. The molecule has 1 aliphatic rings.